The van der Waals surface area contributed by atoms with Crippen LogP contribution < -0.4 is 5.32 Å². The number of hydrogen-bond donors (Lipinski definition) is 2. The van der Waals surface area contributed by atoms with Gasteiger partial charge in [0.15, 0.2) is 11.5 Å². The van der Waals surface area contributed by atoms with Crippen LogP contribution in [0.25, 0.3) is 0 Å². The van der Waals surface area contributed by atoms with Crippen molar-refractivity contribution in [1.29, 1.82) is 0 Å². The molecule has 0 fully saturated rings. The minimum atomic E-state index is -1.08. The fraction of sp³-hybridized carbons (Fsp3) is 0.333. The quantitative estimate of drug-likeness (QED) is 0.846. The highest BCUT2D eigenvalue weighted by Crippen LogP contribution is 2.23. The summed E-state index contributed by atoms with van der Waals surface area (Å²) in [6.45, 7) is 4.64. The van der Waals surface area contributed by atoms with E-state index in [1.165, 1.54) is 17.2 Å². The number of nitrogens with one attached hydrogen (secondary N) is 1. The predicted octanol–water partition coefficient (Wildman–Crippen LogP) is 3.11. The molecule has 2 N–H and O–H groups in total. The molecule has 0 atom stereocenters. The normalized spacial score (nSPS) is 10.5. The number of nitrogens with zero attached hydrogens (tertiary/aromatic N) is 1. The molecule has 0 aliphatic carbocycles. The summed E-state index contributed by atoms with van der Waals surface area (Å²) in [6.07, 6.45) is 1.87. The zero-order chi connectivity index (χ0) is 14.5. The molecule has 1 aromatic heterocycles. The van der Waals surface area contributed by atoms with Crippen molar-refractivity contribution in [2.24, 2.45) is 0 Å². The third-order valence-corrected chi connectivity index (χ3v) is 3.22. The third kappa shape index (κ3) is 2.99. The highest BCUT2D eigenvalue weighted by molar-refractivity contribution is 5.85. The molecule has 0 unspecified atom stereocenters. The summed E-state index contributed by atoms with van der Waals surface area (Å²) in [7, 11) is 0. The van der Waals surface area contributed by atoms with Crippen molar-refractivity contribution in [2.45, 2.75) is 33.2 Å². The Morgan fingerprint density at radius 3 is 2.45 bits per heavy atom. The maximum Gasteiger partial charge on any atom is 0.358 e. The van der Waals surface area contributed by atoms with E-state index in [2.05, 4.69) is 42.5 Å². The molecule has 0 saturated heterocycles. The van der Waals surface area contributed by atoms with Gasteiger partial charge in [-0.2, -0.15) is 0 Å². The second-order valence-electron chi connectivity index (χ2n) is 4.50. The summed E-state index contributed by atoms with van der Waals surface area (Å²) in [5.74, 6) is -0.571. The summed E-state index contributed by atoms with van der Waals surface area (Å²) in [6, 6.07) is 7.67. The van der Waals surface area contributed by atoms with Crippen LogP contribution in [0.3, 0.4) is 0 Å². The monoisotopic (exact) mass is 274 g/mol. The second kappa shape index (κ2) is 6.23. The molecule has 0 bridgehead atoms. The second-order valence-corrected chi connectivity index (χ2v) is 4.50. The van der Waals surface area contributed by atoms with E-state index >= 15 is 0 Å². The summed E-state index contributed by atoms with van der Waals surface area (Å²) >= 11 is 0. The number of rotatable bonds is 6. The van der Waals surface area contributed by atoms with Crippen molar-refractivity contribution in [2.75, 3.05) is 5.32 Å². The Labute approximate surface area is 117 Å². The fourth-order valence-corrected chi connectivity index (χ4v) is 2.14. The van der Waals surface area contributed by atoms with Crippen LogP contribution >= 0.6 is 0 Å². The Bertz CT molecular complexity index is 583. The van der Waals surface area contributed by atoms with Crippen LogP contribution in [0.15, 0.2) is 28.8 Å². The molecule has 5 nitrogen and oxygen atoms in total. The van der Waals surface area contributed by atoms with E-state index in [0.717, 1.165) is 18.5 Å². The molecule has 0 radical (unpaired) electrons. The van der Waals surface area contributed by atoms with E-state index in [1.807, 2.05) is 0 Å². The van der Waals surface area contributed by atoms with Gasteiger partial charge in [0, 0.05) is 11.8 Å². The molecular weight excluding hydrogens is 256 g/mol. The van der Waals surface area contributed by atoms with Crippen LogP contribution in [0.5, 0.6) is 0 Å². The predicted molar refractivity (Wildman–Crippen MR) is 76.0 cm³/mol. The van der Waals surface area contributed by atoms with Crippen LogP contribution in [0.4, 0.5) is 5.69 Å². The first kappa shape index (κ1) is 14.1. The number of carboxylic acids is 1. The van der Waals surface area contributed by atoms with Crippen LogP contribution in [0, 0.1) is 0 Å². The van der Waals surface area contributed by atoms with Gasteiger partial charge in [0.2, 0.25) is 0 Å². The summed E-state index contributed by atoms with van der Waals surface area (Å²) < 4.78 is 5.00. The van der Waals surface area contributed by atoms with Gasteiger partial charge < -0.3 is 14.9 Å². The first-order valence-corrected chi connectivity index (χ1v) is 6.69. The van der Waals surface area contributed by atoms with E-state index in [-0.39, 0.29) is 5.69 Å². The minimum absolute atomic E-state index is 0.0682. The lowest BCUT2D eigenvalue weighted by atomic mass is 10.0. The number of carbonyl (C=O) groups is 1. The topological polar surface area (TPSA) is 75.4 Å². The number of aromatic nitrogens is 1. The molecule has 1 heterocycles. The van der Waals surface area contributed by atoms with Gasteiger partial charge in [0.1, 0.15) is 0 Å². The van der Waals surface area contributed by atoms with E-state index in [4.69, 9.17) is 9.63 Å². The Morgan fingerprint density at radius 2 is 1.95 bits per heavy atom. The number of anilines is 1. The van der Waals surface area contributed by atoms with Gasteiger partial charge in [0.25, 0.3) is 0 Å². The van der Waals surface area contributed by atoms with E-state index in [0.29, 0.717) is 12.3 Å². The number of aromatic carboxylic acids is 1. The molecule has 20 heavy (non-hydrogen) atoms. The first-order valence-electron chi connectivity index (χ1n) is 6.69. The van der Waals surface area contributed by atoms with Crippen molar-refractivity contribution in [3.05, 3.63) is 46.8 Å². The van der Waals surface area contributed by atoms with Gasteiger partial charge in [-0.15, -0.1) is 0 Å². The van der Waals surface area contributed by atoms with E-state index < -0.39 is 5.97 Å². The van der Waals surface area contributed by atoms with Gasteiger partial charge in [0.05, 0.1) is 6.54 Å². The maximum atomic E-state index is 10.7. The summed E-state index contributed by atoms with van der Waals surface area (Å²) in [5.41, 5.74) is 3.51. The largest absolute Gasteiger partial charge is 0.476 e. The summed E-state index contributed by atoms with van der Waals surface area (Å²) in [5, 5.41) is 15.6. The maximum absolute atomic E-state index is 10.7. The van der Waals surface area contributed by atoms with Crippen LogP contribution in [-0.4, -0.2) is 16.2 Å². The molecule has 106 valence electrons. The van der Waals surface area contributed by atoms with Gasteiger partial charge in [-0.1, -0.05) is 37.2 Å². The zero-order valence-corrected chi connectivity index (χ0v) is 11.6. The van der Waals surface area contributed by atoms with Crippen molar-refractivity contribution >= 4 is 11.7 Å². The smallest absolute Gasteiger partial charge is 0.358 e. The van der Waals surface area contributed by atoms with Gasteiger partial charge in [-0.3, -0.25) is 0 Å². The SMILES string of the molecule is CCc1cccc(CC)c1NCc1cc(C(=O)O)no1. The zero-order valence-electron chi connectivity index (χ0n) is 11.6. The lowest BCUT2D eigenvalue weighted by Crippen LogP contribution is -2.04. The van der Waals surface area contributed by atoms with Crippen molar-refractivity contribution in [3.8, 4) is 0 Å². The Balaban J connectivity index is 2.15. The van der Waals surface area contributed by atoms with Crippen molar-refractivity contribution in [1.82, 2.24) is 5.16 Å². The van der Waals surface area contributed by atoms with Gasteiger partial charge in [-0.25, -0.2) is 4.79 Å². The Morgan fingerprint density at radius 1 is 1.30 bits per heavy atom. The Hall–Kier alpha value is -2.30. The molecule has 2 rings (SSSR count). The molecule has 0 spiro atoms. The average molecular weight is 274 g/mol. The average Bonchev–Trinajstić information content (AvgIpc) is 2.93. The van der Waals surface area contributed by atoms with Crippen LogP contribution in [0.1, 0.15) is 41.2 Å². The molecule has 2 aromatic rings. The van der Waals surface area contributed by atoms with Crippen molar-refractivity contribution in [3.63, 3.8) is 0 Å². The first-order chi connectivity index (χ1) is 9.65. The number of hydrogen-bond acceptors (Lipinski definition) is 4. The summed E-state index contributed by atoms with van der Waals surface area (Å²) in [4.78, 5) is 10.7. The van der Waals surface area contributed by atoms with Crippen LogP contribution in [-0.2, 0) is 19.4 Å². The van der Waals surface area contributed by atoms with Crippen LogP contribution in [0.2, 0.25) is 0 Å². The van der Waals surface area contributed by atoms with Gasteiger partial charge >= 0.3 is 5.97 Å². The fourth-order valence-electron chi connectivity index (χ4n) is 2.14. The molecule has 0 amide bonds. The molecular formula is C15H18N2O3. The Kier molecular flexibility index (Phi) is 4.40. The number of benzene rings is 1. The standard InChI is InChI=1S/C15H18N2O3/c1-3-10-6-5-7-11(4-2)14(10)16-9-12-8-13(15(18)19)17-20-12/h5-8,16H,3-4,9H2,1-2H3,(H,18,19). The highest BCUT2D eigenvalue weighted by atomic mass is 16.5. The van der Waals surface area contributed by atoms with Crippen molar-refractivity contribution < 1.29 is 14.4 Å². The highest BCUT2D eigenvalue weighted by Gasteiger charge is 2.11. The minimum Gasteiger partial charge on any atom is -0.476 e. The lowest BCUT2D eigenvalue weighted by Gasteiger charge is -2.14. The van der Waals surface area contributed by atoms with Gasteiger partial charge in [-0.05, 0) is 24.0 Å². The lowest BCUT2D eigenvalue weighted by molar-refractivity contribution is 0.0685. The van der Waals surface area contributed by atoms with E-state index in [1.54, 1.807) is 0 Å². The number of aryl methyl sites for hydroxylation is 2. The number of para-hydroxylation sites is 1. The number of carboxylic acid groups (broad SMARTS) is 1. The molecule has 5 heteroatoms. The molecule has 0 aliphatic rings. The molecule has 0 saturated carbocycles. The molecule has 1 aromatic carbocycles. The molecule has 0 aliphatic heterocycles. The van der Waals surface area contributed by atoms with E-state index in [9.17, 15) is 4.79 Å². The third-order valence-electron chi connectivity index (χ3n) is 3.22.